The highest BCUT2D eigenvalue weighted by atomic mass is 32.1. The van der Waals surface area contributed by atoms with Gasteiger partial charge in [-0.15, -0.1) is 11.3 Å². The van der Waals surface area contributed by atoms with Gasteiger partial charge >= 0.3 is 0 Å². The van der Waals surface area contributed by atoms with E-state index in [1.54, 1.807) is 23.6 Å². The lowest BCUT2D eigenvalue weighted by molar-refractivity contribution is -0.117. The van der Waals surface area contributed by atoms with E-state index in [0.717, 1.165) is 16.9 Å². The molecule has 9 heteroatoms. The molecule has 0 saturated heterocycles. The molecule has 3 heterocycles. The fraction of sp³-hybridized carbons (Fsp3) is 0.130. The first-order chi connectivity index (χ1) is 15.4. The molecule has 4 aromatic rings. The molecule has 0 aliphatic rings. The number of halogens is 1. The number of carbonyl (C=O) groups excluding carboxylic acids is 2. The first-order valence-electron chi connectivity index (χ1n) is 9.82. The number of nitrogens with zero attached hydrogens (tertiary/aromatic N) is 4. The van der Waals surface area contributed by atoms with E-state index < -0.39 is 5.82 Å². The summed E-state index contributed by atoms with van der Waals surface area (Å²) >= 11 is 1.19. The van der Waals surface area contributed by atoms with E-state index >= 15 is 0 Å². The van der Waals surface area contributed by atoms with Gasteiger partial charge < -0.3 is 9.72 Å². The third kappa shape index (κ3) is 4.57. The smallest absolute Gasteiger partial charge is 0.244 e. The predicted octanol–water partition coefficient (Wildman–Crippen LogP) is 4.25. The van der Waals surface area contributed by atoms with Gasteiger partial charge in [-0.05, 0) is 36.8 Å². The molecule has 0 fully saturated rings. The van der Waals surface area contributed by atoms with Gasteiger partial charge in [-0.25, -0.2) is 14.4 Å². The van der Waals surface area contributed by atoms with Gasteiger partial charge in [0.15, 0.2) is 5.13 Å². The van der Waals surface area contributed by atoms with Gasteiger partial charge in [-0.1, -0.05) is 18.2 Å². The summed E-state index contributed by atoms with van der Waals surface area (Å²) in [4.78, 5) is 34.4. The Morgan fingerprint density at radius 1 is 1.22 bits per heavy atom. The van der Waals surface area contributed by atoms with Crippen LogP contribution in [-0.2, 0) is 16.1 Å². The number of aryl methyl sites for hydroxylation is 1. The second-order valence-corrected chi connectivity index (χ2v) is 7.90. The molecule has 4 rings (SSSR count). The summed E-state index contributed by atoms with van der Waals surface area (Å²) in [5.41, 5.74) is 3.28. The minimum atomic E-state index is -0.517. The highest BCUT2D eigenvalue weighted by Gasteiger charge is 2.20. The van der Waals surface area contributed by atoms with Crippen molar-refractivity contribution >= 4 is 45.7 Å². The van der Waals surface area contributed by atoms with Crippen LogP contribution in [0.1, 0.15) is 23.9 Å². The SMILES string of the molecule is CC(=O)N(c1nc(C=CC(=O)NCc2cn3cccc(C)c3n2)cs1)c1ccccc1F. The number of aromatic nitrogens is 3. The van der Waals surface area contributed by atoms with E-state index in [4.69, 9.17) is 0 Å². The van der Waals surface area contributed by atoms with Crippen LogP contribution in [0.15, 0.2) is 60.2 Å². The lowest BCUT2D eigenvalue weighted by Gasteiger charge is -2.18. The van der Waals surface area contributed by atoms with Gasteiger partial charge in [-0.2, -0.15) is 0 Å². The summed E-state index contributed by atoms with van der Waals surface area (Å²) in [6.45, 7) is 3.62. The summed E-state index contributed by atoms with van der Waals surface area (Å²) in [5, 5.41) is 4.81. The number of rotatable bonds is 6. The van der Waals surface area contributed by atoms with Crippen molar-refractivity contribution in [2.45, 2.75) is 20.4 Å². The number of nitrogens with one attached hydrogen (secondary N) is 1. The van der Waals surface area contributed by atoms with Crippen LogP contribution in [0.4, 0.5) is 15.2 Å². The lowest BCUT2D eigenvalue weighted by Crippen LogP contribution is -2.23. The third-order valence-electron chi connectivity index (χ3n) is 4.69. The molecule has 1 N–H and O–H groups in total. The van der Waals surface area contributed by atoms with Crippen molar-refractivity contribution in [1.29, 1.82) is 0 Å². The Kier molecular flexibility index (Phi) is 6.09. The first kappa shape index (κ1) is 21.4. The summed E-state index contributed by atoms with van der Waals surface area (Å²) in [6, 6.07) is 9.93. The second kappa shape index (κ2) is 9.11. The fourth-order valence-electron chi connectivity index (χ4n) is 3.18. The van der Waals surface area contributed by atoms with Crippen molar-refractivity contribution in [1.82, 2.24) is 19.7 Å². The molecule has 0 aliphatic carbocycles. The number of imidazole rings is 1. The molecule has 2 amide bonds. The molecule has 162 valence electrons. The molecule has 1 aromatic carbocycles. The average Bonchev–Trinajstić information content (AvgIpc) is 3.40. The molecule has 0 bridgehead atoms. The van der Waals surface area contributed by atoms with E-state index in [9.17, 15) is 14.0 Å². The van der Waals surface area contributed by atoms with E-state index in [1.165, 1.54) is 41.4 Å². The monoisotopic (exact) mass is 449 g/mol. The van der Waals surface area contributed by atoms with Gasteiger partial charge in [-0.3, -0.25) is 14.5 Å². The van der Waals surface area contributed by atoms with E-state index in [1.807, 2.05) is 35.9 Å². The van der Waals surface area contributed by atoms with Gasteiger partial charge in [0.1, 0.15) is 11.5 Å². The third-order valence-corrected chi connectivity index (χ3v) is 5.53. The van der Waals surface area contributed by atoms with Crippen molar-refractivity contribution in [2.75, 3.05) is 4.90 Å². The molecule has 0 aliphatic heterocycles. The van der Waals surface area contributed by atoms with Crippen LogP contribution >= 0.6 is 11.3 Å². The van der Waals surface area contributed by atoms with Crippen molar-refractivity contribution in [2.24, 2.45) is 0 Å². The highest BCUT2D eigenvalue weighted by Crippen LogP contribution is 2.30. The molecular formula is C23H20FN5O2S. The minimum Gasteiger partial charge on any atom is -0.347 e. The normalized spacial score (nSPS) is 11.2. The minimum absolute atomic E-state index is 0.130. The summed E-state index contributed by atoms with van der Waals surface area (Å²) < 4.78 is 16.1. The zero-order valence-electron chi connectivity index (χ0n) is 17.4. The number of para-hydroxylation sites is 1. The first-order valence-corrected chi connectivity index (χ1v) is 10.7. The highest BCUT2D eigenvalue weighted by molar-refractivity contribution is 7.14. The fourth-order valence-corrected chi connectivity index (χ4v) is 4.03. The van der Waals surface area contributed by atoms with Gasteiger partial charge in [0.25, 0.3) is 0 Å². The molecule has 0 unspecified atom stereocenters. The number of thiazole rings is 1. The second-order valence-electron chi connectivity index (χ2n) is 7.07. The molecule has 0 spiro atoms. The average molecular weight is 450 g/mol. The maximum Gasteiger partial charge on any atom is 0.244 e. The maximum atomic E-state index is 14.2. The topological polar surface area (TPSA) is 79.6 Å². The zero-order valence-corrected chi connectivity index (χ0v) is 18.3. The Morgan fingerprint density at radius 2 is 2.03 bits per heavy atom. The van der Waals surface area contributed by atoms with Crippen molar-refractivity contribution in [3.63, 3.8) is 0 Å². The Balaban J connectivity index is 1.42. The Hall–Kier alpha value is -3.85. The summed E-state index contributed by atoms with van der Waals surface area (Å²) in [7, 11) is 0. The molecule has 3 aromatic heterocycles. The largest absolute Gasteiger partial charge is 0.347 e. The van der Waals surface area contributed by atoms with Crippen molar-refractivity contribution in [3.8, 4) is 0 Å². The number of carbonyl (C=O) groups is 2. The number of hydrogen-bond acceptors (Lipinski definition) is 5. The number of fused-ring (bicyclic) bond motifs is 1. The standard InChI is InChI=1S/C23H20FN5O2S/c1-15-6-5-11-28-13-18(26-22(15)28)12-25-21(31)10-9-17-14-32-23(27-17)29(16(2)30)20-8-4-3-7-19(20)24/h3-11,13-14H,12H2,1-2H3,(H,25,31). The molecule has 7 nitrogen and oxygen atoms in total. The van der Waals surface area contributed by atoms with Gasteiger partial charge in [0, 0.05) is 30.8 Å². The maximum absolute atomic E-state index is 14.2. The molecule has 0 atom stereocenters. The van der Waals surface area contributed by atoms with E-state index in [-0.39, 0.29) is 24.0 Å². The van der Waals surface area contributed by atoms with Gasteiger partial charge in [0.05, 0.1) is 23.6 Å². The number of anilines is 2. The molecule has 0 saturated carbocycles. The quantitative estimate of drug-likeness (QED) is 0.446. The van der Waals surface area contributed by atoms with Crippen molar-refractivity contribution in [3.05, 3.63) is 83.0 Å². The van der Waals surface area contributed by atoms with Crippen LogP contribution in [0.25, 0.3) is 11.7 Å². The Labute approximate surface area is 187 Å². The molecular weight excluding hydrogens is 429 g/mol. The van der Waals surface area contributed by atoms with Crippen LogP contribution in [-0.4, -0.2) is 26.2 Å². The summed E-state index contributed by atoms with van der Waals surface area (Å²) in [5.74, 6) is -1.18. The van der Waals surface area contributed by atoms with Crippen LogP contribution in [0.3, 0.4) is 0 Å². The van der Waals surface area contributed by atoms with Crippen LogP contribution in [0.5, 0.6) is 0 Å². The van der Waals surface area contributed by atoms with E-state index in [0.29, 0.717) is 10.8 Å². The van der Waals surface area contributed by atoms with Crippen LogP contribution < -0.4 is 10.2 Å². The molecule has 32 heavy (non-hydrogen) atoms. The lowest BCUT2D eigenvalue weighted by atomic mass is 10.3. The Bertz CT molecular complexity index is 1330. The van der Waals surface area contributed by atoms with Crippen molar-refractivity contribution < 1.29 is 14.0 Å². The van der Waals surface area contributed by atoms with Crippen LogP contribution in [0.2, 0.25) is 0 Å². The summed E-state index contributed by atoms with van der Waals surface area (Å²) in [6.07, 6.45) is 6.69. The van der Waals surface area contributed by atoms with Crippen LogP contribution in [0, 0.1) is 12.7 Å². The zero-order chi connectivity index (χ0) is 22.7. The van der Waals surface area contributed by atoms with E-state index in [2.05, 4.69) is 15.3 Å². The number of pyridine rings is 1. The van der Waals surface area contributed by atoms with Gasteiger partial charge in [0.2, 0.25) is 11.8 Å². The predicted molar refractivity (Wildman–Crippen MR) is 122 cm³/mol. The number of amides is 2. The molecule has 0 radical (unpaired) electrons. The Morgan fingerprint density at radius 3 is 2.78 bits per heavy atom. The number of benzene rings is 1. The number of hydrogen-bond donors (Lipinski definition) is 1.